The monoisotopic (exact) mass is 359 g/mol. The molecular weight excluding hydrogens is 337 g/mol. The number of guanidine groups is 1. The molecule has 1 aliphatic rings. The summed E-state index contributed by atoms with van der Waals surface area (Å²) in [4.78, 5) is 6.28. The Hall–Kier alpha value is -0.120. The second kappa shape index (κ2) is 9.86. The van der Waals surface area contributed by atoms with Crippen molar-refractivity contribution >= 4 is 29.9 Å². The summed E-state index contributed by atoms with van der Waals surface area (Å²) >= 11 is 0. The first-order valence-electron chi connectivity index (χ1n) is 5.48. The zero-order chi connectivity index (χ0) is 11.8. The van der Waals surface area contributed by atoms with Gasteiger partial charge in [-0.15, -0.1) is 24.0 Å². The van der Waals surface area contributed by atoms with Crippen LogP contribution in [0.5, 0.6) is 0 Å². The number of aliphatic hydroxyl groups is 1. The lowest BCUT2D eigenvalue weighted by Crippen LogP contribution is -2.51. The smallest absolute Gasteiger partial charge is 0.193 e. The van der Waals surface area contributed by atoms with Gasteiger partial charge in [0.05, 0.1) is 25.9 Å². The normalized spacial score (nSPS) is 21.0. The van der Waals surface area contributed by atoms with Crippen LogP contribution in [-0.2, 0) is 9.47 Å². The van der Waals surface area contributed by atoms with Crippen LogP contribution in [0.15, 0.2) is 4.99 Å². The molecule has 0 amide bonds. The van der Waals surface area contributed by atoms with E-state index in [0.717, 1.165) is 19.0 Å². The highest BCUT2D eigenvalue weighted by Crippen LogP contribution is 2.05. The van der Waals surface area contributed by atoms with Gasteiger partial charge >= 0.3 is 0 Å². The number of methoxy groups -OCH3 is 1. The number of rotatable bonds is 4. The molecule has 1 saturated heterocycles. The van der Waals surface area contributed by atoms with Crippen molar-refractivity contribution in [3.8, 4) is 0 Å². The van der Waals surface area contributed by atoms with Gasteiger partial charge in [0.25, 0.3) is 0 Å². The van der Waals surface area contributed by atoms with E-state index in [1.54, 1.807) is 14.2 Å². The molecule has 0 spiro atoms. The molecule has 1 atom stereocenters. The lowest BCUT2D eigenvalue weighted by Gasteiger charge is -2.34. The van der Waals surface area contributed by atoms with Crippen molar-refractivity contribution < 1.29 is 14.6 Å². The van der Waals surface area contributed by atoms with Crippen LogP contribution in [0.4, 0.5) is 0 Å². The van der Waals surface area contributed by atoms with E-state index in [4.69, 9.17) is 14.6 Å². The van der Waals surface area contributed by atoms with E-state index < -0.39 is 0 Å². The summed E-state index contributed by atoms with van der Waals surface area (Å²) in [5, 5.41) is 11.8. The minimum Gasteiger partial charge on any atom is -0.395 e. The molecule has 1 aliphatic heterocycles. The van der Waals surface area contributed by atoms with E-state index in [1.807, 2.05) is 0 Å². The summed E-state index contributed by atoms with van der Waals surface area (Å²) < 4.78 is 10.6. The Morgan fingerprint density at radius 1 is 1.65 bits per heavy atom. The van der Waals surface area contributed by atoms with Gasteiger partial charge in [0.1, 0.15) is 0 Å². The summed E-state index contributed by atoms with van der Waals surface area (Å²) in [5.41, 5.74) is 0. The zero-order valence-corrected chi connectivity index (χ0v) is 12.7. The number of hydrogen-bond donors (Lipinski definition) is 2. The Balaban J connectivity index is 0.00000256. The molecule has 1 rings (SSSR count). The average molecular weight is 359 g/mol. The van der Waals surface area contributed by atoms with Gasteiger partial charge in [-0.2, -0.15) is 0 Å². The van der Waals surface area contributed by atoms with Crippen LogP contribution in [-0.4, -0.2) is 75.7 Å². The van der Waals surface area contributed by atoms with Crippen molar-refractivity contribution in [2.24, 2.45) is 4.99 Å². The molecule has 6 nitrogen and oxygen atoms in total. The van der Waals surface area contributed by atoms with Crippen molar-refractivity contribution in [3.05, 3.63) is 0 Å². The molecule has 0 saturated carbocycles. The van der Waals surface area contributed by atoms with Crippen LogP contribution in [0.2, 0.25) is 0 Å². The Morgan fingerprint density at radius 2 is 2.41 bits per heavy atom. The van der Waals surface area contributed by atoms with E-state index in [9.17, 15) is 0 Å². The molecule has 17 heavy (non-hydrogen) atoms. The first-order chi connectivity index (χ1) is 7.81. The summed E-state index contributed by atoms with van der Waals surface area (Å²) in [6, 6.07) is 0. The zero-order valence-electron chi connectivity index (χ0n) is 10.4. The van der Waals surface area contributed by atoms with Crippen molar-refractivity contribution in [1.29, 1.82) is 0 Å². The quantitative estimate of drug-likeness (QED) is 0.403. The summed E-state index contributed by atoms with van der Waals surface area (Å²) in [6.45, 7) is 3.45. The fourth-order valence-electron chi connectivity index (χ4n) is 1.70. The predicted octanol–water partition coefficient (Wildman–Crippen LogP) is -0.481. The first kappa shape index (κ1) is 16.9. The Kier molecular flexibility index (Phi) is 9.79. The molecule has 0 aromatic rings. The van der Waals surface area contributed by atoms with Crippen LogP contribution < -0.4 is 5.32 Å². The standard InChI is InChI=1S/C10H21N3O3.HI/c1-11-10(12-3-5-14)13-4-6-16-9(7-13)8-15-2;/h9,14H,3-8H2,1-2H3,(H,11,12);1H. The Morgan fingerprint density at radius 3 is 3.00 bits per heavy atom. The van der Waals surface area contributed by atoms with Crippen LogP contribution in [0.25, 0.3) is 0 Å². The summed E-state index contributed by atoms with van der Waals surface area (Å²) in [6.07, 6.45) is 0.0893. The van der Waals surface area contributed by atoms with Crippen LogP contribution in [0.1, 0.15) is 0 Å². The Labute approximate surface area is 119 Å². The predicted molar refractivity (Wildman–Crippen MR) is 77.1 cm³/mol. The third-order valence-electron chi connectivity index (χ3n) is 2.40. The van der Waals surface area contributed by atoms with Gasteiger partial charge in [-0.1, -0.05) is 0 Å². The maximum absolute atomic E-state index is 8.76. The lowest BCUT2D eigenvalue weighted by atomic mass is 10.3. The number of aliphatic hydroxyl groups excluding tert-OH is 1. The molecule has 0 aliphatic carbocycles. The van der Waals surface area contributed by atoms with Crippen LogP contribution >= 0.6 is 24.0 Å². The van der Waals surface area contributed by atoms with Gasteiger partial charge in [0.2, 0.25) is 0 Å². The molecule has 0 aromatic heterocycles. The fourth-order valence-corrected chi connectivity index (χ4v) is 1.70. The van der Waals surface area contributed by atoms with Gasteiger partial charge in [0.15, 0.2) is 5.96 Å². The highest BCUT2D eigenvalue weighted by Gasteiger charge is 2.22. The second-order valence-corrected chi connectivity index (χ2v) is 3.59. The molecule has 1 heterocycles. The highest BCUT2D eigenvalue weighted by atomic mass is 127. The molecule has 2 N–H and O–H groups in total. The molecule has 1 fully saturated rings. The summed E-state index contributed by atoms with van der Waals surface area (Å²) in [5.74, 6) is 0.804. The first-order valence-corrected chi connectivity index (χ1v) is 5.48. The van der Waals surface area contributed by atoms with Crippen molar-refractivity contribution in [3.63, 3.8) is 0 Å². The maximum atomic E-state index is 8.76. The van der Waals surface area contributed by atoms with Gasteiger partial charge in [-0.05, 0) is 0 Å². The molecule has 102 valence electrons. The summed E-state index contributed by atoms with van der Waals surface area (Å²) in [7, 11) is 3.40. The highest BCUT2D eigenvalue weighted by molar-refractivity contribution is 14.0. The SMILES string of the molecule is CN=C(NCCO)N1CCOC(COC)C1.I. The van der Waals surface area contributed by atoms with E-state index in [0.29, 0.717) is 19.8 Å². The molecule has 7 heteroatoms. The maximum Gasteiger partial charge on any atom is 0.193 e. The molecule has 0 bridgehead atoms. The van der Waals surface area contributed by atoms with Gasteiger partial charge in [-0.3, -0.25) is 4.99 Å². The minimum atomic E-state index is 0. The molecular formula is C10H22IN3O3. The van der Waals surface area contributed by atoms with Gasteiger partial charge in [-0.25, -0.2) is 0 Å². The van der Waals surface area contributed by atoms with Crippen LogP contribution in [0, 0.1) is 0 Å². The lowest BCUT2D eigenvalue weighted by molar-refractivity contribution is -0.0447. The number of ether oxygens (including phenoxy) is 2. The van der Waals surface area contributed by atoms with Crippen molar-refractivity contribution in [1.82, 2.24) is 10.2 Å². The van der Waals surface area contributed by atoms with Crippen molar-refractivity contribution in [2.75, 3.05) is 53.6 Å². The van der Waals surface area contributed by atoms with Gasteiger partial charge in [0, 0.05) is 33.8 Å². The number of morpholine rings is 1. The number of nitrogens with zero attached hydrogens (tertiary/aromatic N) is 2. The molecule has 0 aromatic carbocycles. The van der Waals surface area contributed by atoms with E-state index >= 15 is 0 Å². The second-order valence-electron chi connectivity index (χ2n) is 3.59. The number of halogens is 1. The van der Waals surface area contributed by atoms with Gasteiger partial charge < -0.3 is 24.8 Å². The fraction of sp³-hybridized carbons (Fsp3) is 0.900. The Bertz CT molecular complexity index is 227. The van der Waals surface area contributed by atoms with E-state index in [1.165, 1.54) is 0 Å². The number of hydrogen-bond acceptors (Lipinski definition) is 4. The number of nitrogens with one attached hydrogen (secondary N) is 1. The van der Waals surface area contributed by atoms with E-state index in [2.05, 4.69) is 15.2 Å². The van der Waals surface area contributed by atoms with Crippen molar-refractivity contribution in [2.45, 2.75) is 6.10 Å². The topological polar surface area (TPSA) is 66.3 Å². The largest absolute Gasteiger partial charge is 0.395 e. The minimum absolute atomic E-state index is 0. The molecule has 1 unspecified atom stereocenters. The average Bonchev–Trinajstić information content (AvgIpc) is 2.31. The third kappa shape index (κ3) is 5.84. The van der Waals surface area contributed by atoms with Crippen LogP contribution in [0.3, 0.4) is 0 Å². The number of aliphatic imine (C=N–C) groups is 1. The van der Waals surface area contributed by atoms with E-state index in [-0.39, 0.29) is 36.7 Å². The molecule has 0 radical (unpaired) electrons. The third-order valence-corrected chi connectivity index (χ3v) is 2.40.